The molecule has 2 heterocycles. The van der Waals surface area contributed by atoms with Gasteiger partial charge in [0, 0.05) is 22.4 Å². The largest absolute Gasteiger partial charge is 0.315 e. The molecule has 0 saturated carbocycles. The molecule has 3 rings (SSSR count). The van der Waals surface area contributed by atoms with Gasteiger partial charge >= 0.3 is 0 Å². The molecule has 2 aromatic rings. The third-order valence-electron chi connectivity index (χ3n) is 4.12. The number of fused-ring (bicyclic) bond motifs is 1. The zero-order chi connectivity index (χ0) is 18.3. The van der Waals surface area contributed by atoms with Crippen molar-refractivity contribution in [3.8, 4) is 0 Å². The Morgan fingerprint density at radius 2 is 2.12 bits per heavy atom. The first-order chi connectivity index (χ1) is 11.8. The summed E-state index contributed by atoms with van der Waals surface area (Å²) in [6.07, 6.45) is -0.00161. The molecule has 0 saturated heterocycles. The fourth-order valence-electron chi connectivity index (χ4n) is 2.75. The SMILES string of the molecule is CC(=O)CC1N=C(c2ccc(Cl)c(F)c2)c2c(sc(C)c2C)NC1=O. The third-order valence-corrected chi connectivity index (χ3v) is 5.55. The molecule has 4 nitrogen and oxygen atoms in total. The predicted molar refractivity (Wildman–Crippen MR) is 98.6 cm³/mol. The Hall–Kier alpha value is -2.05. The lowest BCUT2D eigenvalue weighted by Gasteiger charge is -2.10. The number of benzene rings is 1. The first-order valence-corrected chi connectivity index (χ1v) is 8.91. The average Bonchev–Trinajstić information content (AvgIpc) is 2.72. The van der Waals surface area contributed by atoms with Gasteiger partial charge in [0.25, 0.3) is 0 Å². The van der Waals surface area contributed by atoms with Crippen LogP contribution in [0.25, 0.3) is 0 Å². The van der Waals surface area contributed by atoms with Crippen molar-refractivity contribution in [1.82, 2.24) is 0 Å². The number of hydrogen-bond donors (Lipinski definition) is 1. The Labute approximate surface area is 153 Å². The molecule has 25 heavy (non-hydrogen) atoms. The molecule has 7 heteroatoms. The van der Waals surface area contributed by atoms with Crippen molar-refractivity contribution in [2.24, 2.45) is 4.99 Å². The zero-order valence-electron chi connectivity index (χ0n) is 13.9. The summed E-state index contributed by atoms with van der Waals surface area (Å²) < 4.78 is 14.0. The van der Waals surface area contributed by atoms with Crippen LogP contribution >= 0.6 is 22.9 Å². The van der Waals surface area contributed by atoms with Gasteiger partial charge in [-0.15, -0.1) is 11.3 Å². The number of amides is 1. The molecule has 1 amide bonds. The summed E-state index contributed by atoms with van der Waals surface area (Å²) in [5, 5.41) is 3.54. The van der Waals surface area contributed by atoms with Crippen LogP contribution in [-0.4, -0.2) is 23.4 Å². The maximum Gasteiger partial charge on any atom is 0.250 e. The molecule has 1 aromatic carbocycles. The molecule has 1 aliphatic rings. The fourth-order valence-corrected chi connectivity index (χ4v) is 3.93. The number of aliphatic imine (C=N–C) groups is 1. The number of anilines is 1. The van der Waals surface area contributed by atoms with Crippen LogP contribution in [0, 0.1) is 19.7 Å². The summed E-state index contributed by atoms with van der Waals surface area (Å²) in [7, 11) is 0. The van der Waals surface area contributed by atoms with E-state index in [9.17, 15) is 14.0 Å². The van der Waals surface area contributed by atoms with E-state index in [-0.39, 0.29) is 23.1 Å². The second-order valence-corrected chi connectivity index (χ2v) is 7.64. The molecular weight excluding hydrogens is 363 g/mol. The van der Waals surface area contributed by atoms with E-state index in [0.29, 0.717) is 16.3 Å². The van der Waals surface area contributed by atoms with Crippen LogP contribution in [0.2, 0.25) is 5.02 Å². The van der Waals surface area contributed by atoms with Crippen molar-refractivity contribution in [3.63, 3.8) is 0 Å². The number of halogens is 2. The number of Topliss-reactive ketones (excluding diaryl/α,β-unsaturated/α-hetero) is 1. The van der Waals surface area contributed by atoms with Gasteiger partial charge in [-0.25, -0.2) is 4.39 Å². The highest BCUT2D eigenvalue weighted by molar-refractivity contribution is 7.17. The van der Waals surface area contributed by atoms with Gasteiger partial charge in [0.05, 0.1) is 10.7 Å². The number of carbonyl (C=O) groups is 2. The number of nitrogens with zero attached hydrogens (tertiary/aromatic N) is 1. The van der Waals surface area contributed by atoms with Crippen molar-refractivity contribution in [2.45, 2.75) is 33.2 Å². The van der Waals surface area contributed by atoms with Gasteiger partial charge in [-0.05, 0) is 38.5 Å². The highest BCUT2D eigenvalue weighted by atomic mass is 35.5. The lowest BCUT2D eigenvalue weighted by molar-refractivity contribution is -0.122. The molecule has 1 unspecified atom stereocenters. The average molecular weight is 379 g/mol. The smallest absolute Gasteiger partial charge is 0.250 e. The Balaban J connectivity index is 2.23. The van der Waals surface area contributed by atoms with Crippen LogP contribution < -0.4 is 5.32 Å². The van der Waals surface area contributed by atoms with Crippen LogP contribution in [0.5, 0.6) is 0 Å². The van der Waals surface area contributed by atoms with E-state index in [1.165, 1.54) is 30.4 Å². The molecule has 130 valence electrons. The molecule has 1 atom stereocenters. The molecule has 0 aliphatic carbocycles. The van der Waals surface area contributed by atoms with Gasteiger partial charge in [0.1, 0.15) is 22.6 Å². The maximum absolute atomic E-state index is 14.0. The lowest BCUT2D eigenvalue weighted by atomic mass is 9.99. The molecule has 0 fully saturated rings. The second kappa shape index (κ2) is 6.69. The van der Waals surface area contributed by atoms with Crippen molar-refractivity contribution < 1.29 is 14.0 Å². The first kappa shape index (κ1) is 17.8. The van der Waals surface area contributed by atoms with E-state index in [1.807, 2.05) is 13.8 Å². The van der Waals surface area contributed by atoms with E-state index in [1.54, 1.807) is 6.07 Å². The number of aryl methyl sites for hydroxylation is 1. The van der Waals surface area contributed by atoms with Crippen molar-refractivity contribution >= 4 is 45.3 Å². The fraction of sp³-hybridized carbons (Fsp3) is 0.278. The number of carbonyl (C=O) groups excluding carboxylic acids is 2. The Morgan fingerprint density at radius 1 is 1.40 bits per heavy atom. The zero-order valence-corrected chi connectivity index (χ0v) is 15.5. The summed E-state index contributed by atoms with van der Waals surface area (Å²) in [5.74, 6) is -1.02. The minimum atomic E-state index is -0.842. The summed E-state index contributed by atoms with van der Waals surface area (Å²) in [4.78, 5) is 29.6. The van der Waals surface area contributed by atoms with E-state index < -0.39 is 11.9 Å². The molecule has 0 bridgehead atoms. The first-order valence-electron chi connectivity index (χ1n) is 7.71. The number of thiophene rings is 1. The summed E-state index contributed by atoms with van der Waals surface area (Å²) >= 11 is 7.23. The minimum Gasteiger partial charge on any atom is -0.315 e. The van der Waals surface area contributed by atoms with E-state index in [0.717, 1.165) is 16.0 Å². The number of nitrogens with one attached hydrogen (secondary N) is 1. The van der Waals surface area contributed by atoms with Gasteiger partial charge in [-0.2, -0.15) is 0 Å². The van der Waals surface area contributed by atoms with Gasteiger partial charge in [0.2, 0.25) is 5.91 Å². The summed E-state index contributed by atoms with van der Waals surface area (Å²) in [5.41, 5.74) is 2.76. The second-order valence-electron chi connectivity index (χ2n) is 6.01. The summed E-state index contributed by atoms with van der Waals surface area (Å²) in [6, 6.07) is 3.59. The minimum absolute atomic E-state index is 0.00161. The highest BCUT2D eigenvalue weighted by Crippen LogP contribution is 2.37. The van der Waals surface area contributed by atoms with Crippen molar-refractivity contribution in [2.75, 3.05) is 5.32 Å². The van der Waals surface area contributed by atoms with Gasteiger partial charge in [-0.1, -0.05) is 17.7 Å². The number of rotatable bonds is 3. The molecular formula is C18H16ClFN2O2S. The summed E-state index contributed by atoms with van der Waals surface area (Å²) in [6.45, 7) is 5.30. The van der Waals surface area contributed by atoms with Gasteiger partial charge in [-0.3, -0.25) is 14.6 Å². The Morgan fingerprint density at radius 3 is 2.76 bits per heavy atom. The maximum atomic E-state index is 14.0. The Bertz CT molecular complexity index is 920. The van der Waals surface area contributed by atoms with E-state index in [2.05, 4.69) is 10.3 Å². The van der Waals surface area contributed by atoms with Crippen LogP contribution in [0.1, 0.15) is 34.9 Å². The van der Waals surface area contributed by atoms with E-state index >= 15 is 0 Å². The topological polar surface area (TPSA) is 58.5 Å². The Kier molecular flexibility index (Phi) is 4.75. The molecule has 0 radical (unpaired) electrons. The monoisotopic (exact) mass is 378 g/mol. The predicted octanol–water partition coefficient (Wildman–Crippen LogP) is 4.29. The number of ketones is 1. The van der Waals surface area contributed by atoms with Gasteiger partial charge in [0.15, 0.2) is 0 Å². The molecule has 0 spiro atoms. The standard InChI is InChI=1S/C18H16ClFN2O2S/c1-8(23)6-14-17(24)22-18-15(9(2)10(3)25-18)16(21-14)11-4-5-12(19)13(20)7-11/h4-5,7,14H,6H2,1-3H3,(H,22,24). The van der Waals surface area contributed by atoms with E-state index in [4.69, 9.17) is 11.6 Å². The molecule has 1 aromatic heterocycles. The molecule has 1 N–H and O–H groups in total. The van der Waals surface area contributed by atoms with Crippen molar-refractivity contribution in [1.29, 1.82) is 0 Å². The van der Waals surface area contributed by atoms with Crippen LogP contribution in [-0.2, 0) is 9.59 Å². The van der Waals surface area contributed by atoms with Crippen molar-refractivity contribution in [3.05, 3.63) is 50.6 Å². The third kappa shape index (κ3) is 3.37. The lowest BCUT2D eigenvalue weighted by Crippen LogP contribution is -2.27. The van der Waals surface area contributed by atoms with Crippen LogP contribution in [0.4, 0.5) is 9.39 Å². The number of hydrogen-bond acceptors (Lipinski definition) is 4. The normalized spacial score (nSPS) is 16.8. The highest BCUT2D eigenvalue weighted by Gasteiger charge is 2.30. The van der Waals surface area contributed by atoms with Crippen LogP contribution in [0.3, 0.4) is 0 Å². The molecule has 1 aliphatic heterocycles. The van der Waals surface area contributed by atoms with Gasteiger partial charge < -0.3 is 5.32 Å². The quantitative estimate of drug-likeness (QED) is 0.865. The van der Waals surface area contributed by atoms with Crippen LogP contribution in [0.15, 0.2) is 23.2 Å².